The number of rotatable bonds is 8. The van der Waals surface area contributed by atoms with E-state index in [0.29, 0.717) is 11.8 Å². The summed E-state index contributed by atoms with van der Waals surface area (Å²) >= 11 is 0. The van der Waals surface area contributed by atoms with Gasteiger partial charge in [-0.3, -0.25) is 4.99 Å². The zero-order valence-corrected chi connectivity index (χ0v) is 35.1. The van der Waals surface area contributed by atoms with Gasteiger partial charge < -0.3 is 5.21 Å². The van der Waals surface area contributed by atoms with Gasteiger partial charge in [0.2, 0.25) is 0 Å². The van der Waals surface area contributed by atoms with E-state index in [1.807, 2.05) is 13.8 Å². The van der Waals surface area contributed by atoms with E-state index in [4.69, 9.17) is 24.6 Å². The molecular weight excluding hydrogens is 809 g/mol. The van der Waals surface area contributed by atoms with E-state index in [0.717, 1.165) is 103 Å². The molecule has 6 aliphatic heterocycles. The number of hydroxylamine groups is 1. The molecule has 6 heterocycles. The quantitative estimate of drug-likeness (QED) is 0.103. The molecule has 6 aliphatic rings. The molecule has 0 spiro atoms. The molecule has 0 amide bonds. The molecule has 0 aliphatic carbocycles. The van der Waals surface area contributed by atoms with Crippen molar-refractivity contribution in [3.8, 4) is 0 Å². The second-order valence-corrected chi connectivity index (χ2v) is 14.1. The predicted molar refractivity (Wildman–Crippen MR) is 209 cm³/mol. The Kier molecular flexibility index (Phi) is 15.2. The maximum Gasteiger partial charge on any atom is 0 e. The molecule has 0 aromatic rings. The third-order valence-corrected chi connectivity index (χ3v) is 10.9. The van der Waals surface area contributed by atoms with Crippen molar-refractivity contribution in [2.24, 2.45) is 31.8 Å². The molecule has 0 aromatic carbocycles. The molecule has 0 fully saturated rings. The van der Waals surface area contributed by atoms with Crippen LogP contribution in [0, 0.1) is 23.7 Å². The van der Waals surface area contributed by atoms with Gasteiger partial charge in [0.05, 0.1) is 34.2 Å². The van der Waals surface area contributed by atoms with Gasteiger partial charge in [-0.25, -0.2) is 19.7 Å². The van der Waals surface area contributed by atoms with Gasteiger partial charge in [0, 0.05) is 69.7 Å². The Morgan fingerprint density at radius 2 is 1.02 bits per heavy atom. The van der Waals surface area contributed by atoms with Gasteiger partial charge >= 0.3 is 11.3 Å². The van der Waals surface area contributed by atoms with Crippen molar-refractivity contribution >= 4 is 29.1 Å². The molecule has 8 bridgehead atoms. The first-order valence-electron chi connectivity index (χ1n) is 19.0. The van der Waals surface area contributed by atoms with Gasteiger partial charge in [-0.15, -0.1) is 0 Å². The fourth-order valence-electron chi connectivity index (χ4n) is 8.23. The molecule has 8 heteroatoms. The van der Waals surface area contributed by atoms with Crippen molar-refractivity contribution in [3.63, 3.8) is 0 Å². The van der Waals surface area contributed by atoms with Gasteiger partial charge in [-0.1, -0.05) is 55.4 Å². The Bertz CT molecular complexity index is 1780. The Morgan fingerprint density at radius 1 is 0.627 bits per heavy atom. The summed E-state index contributed by atoms with van der Waals surface area (Å²) in [5, 5.41) is 10.8. The zero-order chi connectivity index (χ0) is 36.7. The average molecular weight is 866 g/mol. The first-order chi connectivity index (χ1) is 24.1. The van der Waals surface area contributed by atoms with Crippen molar-refractivity contribution in [2.75, 3.05) is 0 Å². The average Bonchev–Trinajstić information content (AvgIpc) is 3.89. The van der Waals surface area contributed by atoms with E-state index in [-0.39, 0.29) is 25.3 Å². The zero-order valence-electron chi connectivity index (χ0n) is 32.5. The minimum atomic E-state index is -0.125. The van der Waals surface area contributed by atoms with E-state index in [9.17, 15) is 5.21 Å². The molecule has 0 radical (unpaired) electrons. The standard InChI is InChI=1S/C36H46N4.C6H11NO.CO.Os/c1-9-21-22(10-2)30-18-32-25(13-5)26(14-6)34(39-32)20-36-28(16-8)27(15-7)35(40-36)19-33-24(12-4)23(11-3)31(38-33)17-29(21)37-30;1-6(2)4-3-5-7(6)8;1-2;/h17-22H,9-16H2,1-8H3;5H,3-4H2,1-2H3;;. The van der Waals surface area contributed by atoms with Gasteiger partial charge in [0.25, 0.3) is 0 Å². The van der Waals surface area contributed by atoms with Gasteiger partial charge in [-0.2, -0.15) is 0 Å². The van der Waals surface area contributed by atoms with Crippen LogP contribution in [0.1, 0.15) is 133 Å². The van der Waals surface area contributed by atoms with Gasteiger partial charge in [0.15, 0.2) is 11.8 Å². The van der Waals surface area contributed by atoms with Crippen LogP contribution in [0.15, 0.2) is 101 Å². The number of allylic oxidation sites excluding steroid dienone is 11. The third kappa shape index (κ3) is 8.35. The summed E-state index contributed by atoms with van der Waals surface area (Å²) in [6, 6.07) is 0. The second-order valence-electron chi connectivity index (χ2n) is 14.1. The second kappa shape index (κ2) is 18.5. The molecule has 0 aromatic heterocycles. The topological polar surface area (TPSA) is 95.4 Å². The van der Waals surface area contributed by atoms with Gasteiger partial charge in [0.1, 0.15) is 0 Å². The van der Waals surface area contributed by atoms with Crippen molar-refractivity contribution in [1.29, 1.82) is 0 Å². The number of aliphatic imine (C=N–C) groups is 4. The molecular formula is C43H57N5O2Os. The third-order valence-electron chi connectivity index (χ3n) is 10.9. The predicted octanol–water partition coefficient (Wildman–Crippen LogP) is 10.9. The molecule has 51 heavy (non-hydrogen) atoms. The Hall–Kier alpha value is -3.29. The van der Waals surface area contributed by atoms with Crippen molar-refractivity contribution < 1.29 is 29.2 Å². The first-order valence-corrected chi connectivity index (χ1v) is 19.0. The van der Waals surface area contributed by atoms with Crippen LogP contribution in [0.3, 0.4) is 0 Å². The molecule has 2 atom stereocenters. The maximum absolute atomic E-state index is 10.8. The summed E-state index contributed by atoms with van der Waals surface area (Å²) in [5.74, 6) is 0.806. The first kappa shape index (κ1) is 42.1. The Balaban J connectivity index is 0.000000557. The maximum atomic E-state index is 10.8. The van der Waals surface area contributed by atoms with Crippen LogP contribution in [0.2, 0.25) is 0 Å². The summed E-state index contributed by atoms with van der Waals surface area (Å²) < 4.78 is 8.55. The van der Waals surface area contributed by atoms with Crippen LogP contribution in [0.5, 0.6) is 0 Å². The minimum absolute atomic E-state index is 0. The molecule has 0 saturated carbocycles. The monoisotopic (exact) mass is 867 g/mol. The van der Waals surface area contributed by atoms with Crippen LogP contribution in [0.25, 0.3) is 0 Å². The number of nitrogens with zero attached hydrogens (tertiary/aromatic N) is 5. The van der Waals surface area contributed by atoms with Crippen LogP contribution >= 0.6 is 0 Å². The molecule has 7 nitrogen and oxygen atoms in total. The smallest absolute Gasteiger partial charge is 0 e. The van der Waals surface area contributed by atoms with Crippen LogP contribution in [-0.4, -0.2) is 39.3 Å². The summed E-state index contributed by atoms with van der Waals surface area (Å²) in [6.07, 6.45) is 20.7. The molecule has 6 rings (SSSR count). The van der Waals surface area contributed by atoms with E-state index >= 15 is 0 Å². The summed E-state index contributed by atoms with van der Waals surface area (Å²) in [4.78, 5) is 21.1. The van der Waals surface area contributed by atoms with Crippen molar-refractivity contribution in [2.45, 2.75) is 139 Å². The number of hydrogen-bond donors (Lipinski definition) is 0. The van der Waals surface area contributed by atoms with E-state index < -0.39 is 0 Å². The van der Waals surface area contributed by atoms with E-state index in [1.165, 1.54) is 44.8 Å². The summed E-state index contributed by atoms with van der Waals surface area (Å²) in [6.45, 7) is 26.5. The van der Waals surface area contributed by atoms with Crippen LogP contribution in [0.4, 0.5) is 0 Å². The molecule has 2 unspecified atom stereocenters. The van der Waals surface area contributed by atoms with E-state index in [1.54, 1.807) is 6.21 Å². The van der Waals surface area contributed by atoms with Crippen molar-refractivity contribution in [1.82, 2.24) is 0 Å². The number of fused-ring (bicyclic) bond motifs is 4. The largest absolute Gasteiger partial charge is 0 e. The number of hydrogen-bond acceptors (Lipinski definition) is 5. The molecule has 0 N–H and O–H groups in total. The summed E-state index contributed by atoms with van der Waals surface area (Å²) in [7, 11) is 0. The Morgan fingerprint density at radius 3 is 1.33 bits per heavy atom. The molecule has 274 valence electrons. The van der Waals surface area contributed by atoms with Gasteiger partial charge in [-0.05, 0) is 109 Å². The summed E-state index contributed by atoms with van der Waals surface area (Å²) in [5.41, 5.74) is 16.8. The SMILES string of the molecule is CC1(C)CCC=[N+]1[O-].CCC1=C(CC)C2=NC1=CC1=NC(=CC3=NC(=CC4=NC(=C2)C(CC)=C4CC)C(CC)C3CC)C(CC)=C1CC.[C-]#[O+].[Os]. The van der Waals surface area contributed by atoms with E-state index in [2.05, 4.69) is 86.3 Å². The molecule has 0 saturated heterocycles. The Labute approximate surface area is 320 Å². The van der Waals surface area contributed by atoms with Crippen molar-refractivity contribution in [3.05, 3.63) is 92.4 Å². The fraction of sp³-hybridized carbons (Fsp3) is 0.535. The normalized spacial score (nSPS) is 23.0. The minimum Gasteiger partial charge on any atom is 0 e. The van der Waals surface area contributed by atoms with Crippen LogP contribution < -0.4 is 0 Å². The fourth-order valence-corrected chi connectivity index (χ4v) is 8.23. The van der Waals surface area contributed by atoms with Crippen LogP contribution in [-0.2, 0) is 24.4 Å².